The number of aliphatic carboxylic acids is 1. The normalized spacial score (nSPS) is 14.2. The molecular weight excluding hydrogens is 230 g/mol. The zero-order valence-corrected chi connectivity index (χ0v) is 11.4. The van der Waals surface area contributed by atoms with Gasteiger partial charge in [-0.25, -0.2) is 4.79 Å². The lowest BCUT2D eigenvalue weighted by Gasteiger charge is -2.28. The smallest absolute Gasteiger partial charge is 0.328 e. The molecule has 0 aliphatic heterocycles. The van der Waals surface area contributed by atoms with E-state index >= 15 is 0 Å². The topological polar surface area (TPSA) is 58.6 Å². The van der Waals surface area contributed by atoms with Crippen molar-refractivity contribution < 1.29 is 14.6 Å². The summed E-state index contributed by atoms with van der Waals surface area (Å²) in [6.07, 6.45) is 0. The molecule has 0 radical (unpaired) electrons. The molecule has 0 heterocycles. The number of benzene rings is 1. The van der Waals surface area contributed by atoms with Gasteiger partial charge in [-0.2, -0.15) is 0 Å². The van der Waals surface area contributed by atoms with Crippen LogP contribution in [0.3, 0.4) is 0 Å². The molecule has 0 saturated carbocycles. The molecule has 1 atom stereocenters. The molecule has 0 aliphatic rings. The van der Waals surface area contributed by atoms with Gasteiger partial charge in [-0.05, 0) is 31.9 Å². The maximum absolute atomic E-state index is 11.6. The first kappa shape index (κ1) is 14.7. The molecule has 0 fully saturated rings. The van der Waals surface area contributed by atoms with Crippen molar-refractivity contribution in [2.24, 2.45) is 0 Å². The molecule has 1 rings (SSSR count). The average molecular weight is 251 g/mol. The summed E-state index contributed by atoms with van der Waals surface area (Å²) in [5.41, 5.74) is 1.73. The Balaban J connectivity index is 3.10. The zero-order chi connectivity index (χ0) is 13.8. The summed E-state index contributed by atoms with van der Waals surface area (Å²) in [7, 11) is 1.59. The fourth-order valence-corrected chi connectivity index (χ4v) is 1.96. The molecule has 0 aromatic heterocycles. The third-order valence-corrected chi connectivity index (χ3v) is 3.14. The number of carbonyl (C=O) groups is 1. The van der Waals surface area contributed by atoms with Gasteiger partial charge in [-0.3, -0.25) is 5.32 Å². The van der Waals surface area contributed by atoms with Crippen LogP contribution < -0.4 is 5.32 Å². The molecule has 4 heteroatoms. The van der Waals surface area contributed by atoms with E-state index in [-0.39, 0.29) is 0 Å². The van der Waals surface area contributed by atoms with Crippen molar-refractivity contribution in [1.82, 2.24) is 5.32 Å². The quantitative estimate of drug-likeness (QED) is 0.757. The molecule has 1 aromatic carbocycles. The van der Waals surface area contributed by atoms with Crippen LogP contribution in [0.1, 0.15) is 23.6 Å². The number of methoxy groups -OCH3 is 1. The van der Waals surface area contributed by atoms with Crippen molar-refractivity contribution in [3.63, 3.8) is 0 Å². The second kappa shape index (κ2) is 5.98. The van der Waals surface area contributed by atoms with Crippen molar-refractivity contribution in [3.8, 4) is 0 Å². The summed E-state index contributed by atoms with van der Waals surface area (Å²) < 4.78 is 4.95. The van der Waals surface area contributed by atoms with Gasteiger partial charge >= 0.3 is 5.97 Å². The van der Waals surface area contributed by atoms with Crippen molar-refractivity contribution in [3.05, 3.63) is 34.9 Å². The van der Waals surface area contributed by atoms with Gasteiger partial charge in [0.15, 0.2) is 0 Å². The lowest BCUT2D eigenvalue weighted by atomic mass is 9.87. The standard InChI is InChI=1S/C14H21NO3/c1-10-5-6-11(2)12(9-10)14(3,13(16)17)15-7-8-18-4/h5-6,9,15H,7-8H2,1-4H3,(H,16,17). The average Bonchev–Trinajstić information content (AvgIpc) is 2.32. The van der Waals surface area contributed by atoms with E-state index in [0.29, 0.717) is 13.2 Å². The minimum absolute atomic E-state index is 0.480. The molecule has 0 spiro atoms. The summed E-state index contributed by atoms with van der Waals surface area (Å²) in [6, 6.07) is 5.85. The number of ether oxygens (including phenoxy) is 1. The highest BCUT2D eigenvalue weighted by Gasteiger charge is 2.35. The highest BCUT2D eigenvalue weighted by atomic mass is 16.5. The summed E-state index contributed by atoms with van der Waals surface area (Å²) in [5, 5.41) is 12.6. The predicted molar refractivity (Wildman–Crippen MR) is 70.8 cm³/mol. The van der Waals surface area contributed by atoms with Crippen LogP contribution in [0, 0.1) is 13.8 Å². The molecule has 1 unspecified atom stereocenters. The Morgan fingerprint density at radius 2 is 2.11 bits per heavy atom. The van der Waals surface area contributed by atoms with Gasteiger partial charge in [0.2, 0.25) is 0 Å². The minimum Gasteiger partial charge on any atom is -0.480 e. The van der Waals surface area contributed by atoms with E-state index in [9.17, 15) is 9.90 Å². The Labute approximate surface area is 108 Å². The van der Waals surface area contributed by atoms with Gasteiger partial charge < -0.3 is 9.84 Å². The molecule has 4 nitrogen and oxygen atoms in total. The largest absolute Gasteiger partial charge is 0.480 e. The lowest BCUT2D eigenvalue weighted by molar-refractivity contribution is -0.144. The third kappa shape index (κ3) is 3.09. The number of hydrogen-bond donors (Lipinski definition) is 2. The molecule has 0 amide bonds. The number of carboxylic acids is 1. The van der Waals surface area contributed by atoms with Crippen molar-refractivity contribution in [2.45, 2.75) is 26.3 Å². The fourth-order valence-electron chi connectivity index (χ4n) is 1.96. The van der Waals surface area contributed by atoms with Gasteiger partial charge in [0, 0.05) is 13.7 Å². The van der Waals surface area contributed by atoms with Crippen LogP contribution in [0.2, 0.25) is 0 Å². The van der Waals surface area contributed by atoms with E-state index in [4.69, 9.17) is 4.74 Å². The molecule has 18 heavy (non-hydrogen) atoms. The Morgan fingerprint density at radius 1 is 1.44 bits per heavy atom. The Morgan fingerprint density at radius 3 is 2.67 bits per heavy atom. The van der Waals surface area contributed by atoms with Crippen LogP contribution in [-0.4, -0.2) is 31.3 Å². The molecule has 0 saturated heterocycles. The summed E-state index contributed by atoms with van der Waals surface area (Å²) in [4.78, 5) is 11.6. The SMILES string of the molecule is COCCNC(C)(C(=O)O)c1cc(C)ccc1C. The number of nitrogens with one attached hydrogen (secondary N) is 1. The Hall–Kier alpha value is -1.39. The number of rotatable bonds is 6. The minimum atomic E-state index is -1.09. The molecular formula is C14H21NO3. The van der Waals surface area contributed by atoms with Gasteiger partial charge in [0.1, 0.15) is 5.54 Å². The highest BCUT2D eigenvalue weighted by molar-refractivity contribution is 5.81. The highest BCUT2D eigenvalue weighted by Crippen LogP contribution is 2.25. The first-order valence-electron chi connectivity index (χ1n) is 5.97. The van der Waals surface area contributed by atoms with E-state index in [2.05, 4.69) is 5.32 Å². The number of hydrogen-bond acceptors (Lipinski definition) is 3. The molecule has 0 aliphatic carbocycles. The van der Waals surface area contributed by atoms with Gasteiger partial charge in [-0.1, -0.05) is 23.8 Å². The second-order valence-corrected chi connectivity index (χ2v) is 4.67. The Bertz CT molecular complexity index is 431. The molecule has 2 N–H and O–H groups in total. The van der Waals surface area contributed by atoms with E-state index < -0.39 is 11.5 Å². The first-order chi connectivity index (χ1) is 8.41. The van der Waals surface area contributed by atoms with Crippen LogP contribution in [0.25, 0.3) is 0 Å². The van der Waals surface area contributed by atoms with Crippen LogP contribution >= 0.6 is 0 Å². The van der Waals surface area contributed by atoms with Crippen molar-refractivity contribution in [2.75, 3.05) is 20.3 Å². The summed E-state index contributed by atoms with van der Waals surface area (Å²) >= 11 is 0. The van der Waals surface area contributed by atoms with Gasteiger partial charge in [0.25, 0.3) is 0 Å². The fraction of sp³-hybridized carbons (Fsp3) is 0.500. The van der Waals surface area contributed by atoms with Crippen LogP contribution in [0.4, 0.5) is 0 Å². The van der Waals surface area contributed by atoms with Crippen molar-refractivity contribution in [1.29, 1.82) is 0 Å². The first-order valence-corrected chi connectivity index (χ1v) is 5.97. The van der Waals surface area contributed by atoms with Gasteiger partial charge in [0.05, 0.1) is 6.61 Å². The zero-order valence-electron chi connectivity index (χ0n) is 11.4. The second-order valence-electron chi connectivity index (χ2n) is 4.67. The summed E-state index contributed by atoms with van der Waals surface area (Å²) in [5.74, 6) is -0.882. The van der Waals surface area contributed by atoms with Crippen LogP contribution in [0.5, 0.6) is 0 Å². The van der Waals surface area contributed by atoms with E-state index in [0.717, 1.165) is 16.7 Å². The molecule has 1 aromatic rings. The van der Waals surface area contributed by atoms with Crippen LogP contribution in [0.15, 0.2) is 18.2 Å². The third-order valence-electron chi connectivity index (χ3n) is 3.14. The van der Waals surface area contributed by atoms with E-state index in [1.54, 1.807) is 14.0 Å². The summed E-state index contributed by atoms with van der Waals surface area (Å²) in [6.45, 7) is 6.54. The van der Waals surface area contributed by atoms with E-state index in [1.165, 1.54) is 0 Å². The maximum atomic E-state index is 11.6. The lowest BCUT2D eigenvalue weighted by Crippen LogP contribution is -2.48. The number of carboxylic acid groups (broad SMARTS) is 1. The molecule has 100 valence electrons. The monoisotopic (exact) mass is 251 g/mol. The predicted octanol–water partition coefficient (Wildman–Crippen LogP) is 1.84. The number of aryl methyl sites for hydroxylation is 2. The van der Waals surface area contributed by atoms with Gasteiger partial charge in [-0.15, -0.1) is 0 Å². The van der Waals surface area contributed by atoms with E-state index in [1.807, 2.05) is 32.0 Å². The maximum Gasteiger partial charge on any atom is 0.328 e. The van der Waals surface area contributed by atoms with Crippen molar-refractivity contribution >= 4 is 5.97 Å². The van der Waals surface area contributed by atoms with Crippen LogP contribution in [-0.2, 0) is 15.1 Å². The Kier molecular flexibility index (Phi) is 4.87. The molecule has 0 bridgehead atoms.